The van der Waals surface area contributed by atoms with Crippen LogP contribution >= 0.6 is 0 Å². The molecule has 0 N–H and O–H groups in total. The van der Waals surface area contributed by atoms with Gasteiger partial charge in [0.05, 0.1) is 0 Å². The Labute approximate surface area is 121 Å². The lowest BCUT2D eigenvalue weighted by molar-refractivity contribution is 0.0827. The van der Waals surface area contributed by atoms with E-state index < -0.39 is 11.6 Å². The number of benzene rings is 2. The SMILES string of the molecule is CN(C)C(=O)c1ccc(COc2ccc(F)cc2F)cc1. The number of amides is 1. The van der Waals surface area contributed by atoms with Gasteiger partial charge in [-0.05, 0) is 29.8 Å². The molecule has 5 heteroatoms. The molecule has 3 nitrogen and oxygen atoms in total. The van der Waals surface area contributed by atoms with E-state index in [2.05, 4.69) is 0 Å². The predicted molar refractivity (Wildman–Crippen MR) is 75.1 cm³/mol. The first kappa shape index (κ1) is 15.0. The number of carbonyl (C=O) groups excluding carboxylic acids is 1. The van der Waals surface area contributed by atoms with Crippen LogP contribution in [0.5, 0.6) is 5.75 Å². The summed E-state index contributed by atoms with van der Waals surface area (Å²) in [6.45, 7) is 0.138. The minimum absolute atomic E-state index is 0.00940. The molecule has 0 saturated heterocycles. The fraction of sp³-hybridized carbons (Fsp3) is 0.188. The van der Waals surface area contributed by atoms with Gasteiger partial charge in [0.25, 0.3) is 5.91 Å². The highest BCUT2D eigenvalue weighted by Crippen LogP contribution is 2.19. The van der Waals surface area contributed by atoms with E-state index >= 15 is 0 Å². The van der Waals surface area contributed by atoms with Crippen LogP contribution in [0.1, 0.15) is 15.9 Å². The topological polar surface area (TPSA) is 29.5 Å². The molecule has 0 saturated carbocycles. The summed E-state index contributed by atoms with van der Waals surface area (Å²) in [6, 6.07) is 9.99. The first-order valence-electron chi connectivity index (χ1n) is 6.36. The number of rotatable bonds is 4. The Balaban J connectivity index is 2.02. The molecule has 0 aromatic heterocycles. The van der Waals surface area contributed by atoms with Crippen molar-refractivity contribution in [1.82, 2.24) is 4.90 Å². The van der Waals surface area contributed by atoms with Crippen molar-refractivity contribution in [2.45, 2.75) is 6.61 Å². The maximum atomic E-state index is 13.4. The molecule has 0 aliphatic carbocycles. The van der Waals surface area contributed by atoms with Crippen LogP contribution in [0.25, 0.3) is 0 Å². The molecule has 0 bridgehead atoms. The Morgan fingerprint density at radius 1 is 1.10 bits per heavy atom. The summed E-state index contributed by atoms with van der Waals surface area (Å²) in [5.74, 6) is -1.49. The van der Waals surface area contributed by atoms with E-state index in [1.807, 2.05) is 0 Å². The van der Waals surface area contributed by atoms with Gasteiger partial charge in [-0.2, -0.15) is 0 Å². The van der Waals surface area contributed by atoms with E-state index in [4.69, 9.17) is 4.74 Å². The molecule has 0 atom stereocenters. The van der Waals surface area contributed by atoms with Gasteiger partial charge in [-0.1, -0.05) is 12.1 Å². The van der Waals surface area contributed by atoms with Crippen molar-refractivity contribution < 1.29 is 18.3 Å². The Bertz CT molecular complexity index is 639. The summed E-state index contributed by atoms with van der Waals surface area (Å²) in [5.41, 5.74) is 1.35. The highest BCUT2D eigenvalue weighted by Gasteiger charge is 2.08. The minimum atomic E-state index is -0.741. The number of halogens is 2. The summed E-state index contributed by atoms with van der Waals surface area (Å²) in [5, 5.41) is 0. The first-order chi connectivity index (χ1) is 9.97. The molecule has 0 radical (unpaired) electrons. The number of carbonyl (C=O) groups is 1. The molecule has 2 rings (SSSR count). The van der Waals surface area contributed by atoms with Gasteiger partial charge in [-0.15, -0.1) is 0 Å². The van der Waals surface area contributed by atoms with Crippen LogP contribution in [0, 0.1) is 11.6 Å². The van der Waals surface area contributed by atoms with Crippen molar-refractivity contribution in [3.05, 3.63) is 65.2 Å². The number of nitrogens with zero attached hydrogens (tertiary/aromatic N) is 1. The molecule has 0 fully saturated rings. The summed E-state index contributed by atoms with van der Waals surface area (Å²) in [4.78, 5) is 13.2. The zero-order valence-corrected chi connectivity index (χ0v) is 11.8. The second kappa shape index (κ2) is 6.35. The largest absolute Gasteiger partial charge is 0.486 e. The van der Waals surface area contributed by atoms with Crippen LogP contribution in [-0.2, 0) is 6.61 Å². The fourth-order valence-electron chi connectivity index (χ4n) is 1.76. The lowest BCUT2D eigenvalue weighted by atomic mass is 10.1. The van der Waals surface area contributed by atoms with Gasteiger partial charge in [-0.3, -0.25) is 4.79 Å². The van der Waals surface area contributed by atoms with Gasteiger partial charge in [0.15, 0.2) is 11.6 Å². The molecule has 1 amide bonds. The second-order valence-corrected chi connectivity index (χ2v) is 4.76. The van der Waals surface area contributed by atoms with Crippen LogP contribution < -0.4 is 4.74 Å². The number of hydrogen-bond donors (Lipinski definition) is 0. The molecule has 21 heavy (non-hydrogen) atoms. The van der Waals surface area contributed by atoms with Crippen LogP contribution in [0.2, 0.25) is 0 Å². The van der Waals surface area contributed by atoms with Crippen molar-refractivity contribution in [2.75, 3.05) is 14.1 Å². The third-order valence-electron chi connectivity index (χ3n) is 2.90. The smallest absolute Gasteiger partial charge is 0.253 e. The number of ether oxygens (including phenoxy) is 1. The second-order valence-electron chi connectivity index (χ2n) is 4.76. The molecule has 0 aliphatic heterocycles. The Morgan fingerprint density at radius 3 is 2.33 bits per heavy atom. The van der Waals surface area contributed by atoms with Gasteiger partial charge in [-0.25, -0.2) is 8.78 Å². The number of hydrogen-bond acceptors (Lipinski definition) is 2. The minimum Gasteiger partial charge on any atom is -0.486 e. The molecule has 0 unspecified atom stereocenters. The molecular formula is C16H15F2NO2. The van der Waals surface area contributed by atoms with Crippen molar-refractivity contribution >= 4 is 5.91 Å². The highest BCUT2D eigenvalue weighted by molar-refractivity contribution is 5.93. The van der Waals surface area contributed by atoms with E-state index in [9.17, 15) is 13.6 Å². The zero-order valence-electron chi connectivity index (χ0n) is 11.8. The third-order valence-corrected chi connectivity index (χ3v) is 2.90. The van der Waals surface area contributed by atoms with Crippen molar-refractivity contribution in [3.8, 4) is 5.75 Å². The van der Waals surface area contributed by atoms with Crippen molar-refractivity contribution in [2.24, 2.45) is 0 Å². The summed E-state index contributed by atoms with van der Waals surface area (Å²) in [7, 11) is 3.35. The lowest BCUT2D eigenvalue weighted by Gasteiger charge is -2.11. The molecule has 2 aromatic carbocycles. The molecule has 0 heterocycles. The van der Waals surface area contributed by atoms with Crippen molar-refractivity contribution in [1.29, 1.82) is 0 Å². The molecular weight excluding hydrogens is 276 g/mol. The standard InChI is InChI=1S/C16H15F2NO2/c1-19(2)16(20)12-5-3-11(4-6-12)10-21-15-8-7-13(17)9-14(15)18/h3-9H,10H2,1-2H3. The maximum Gasteiger partial charge on any atom is 0.253 e. The zero-order chi connectivity index (χ0) is 15.4. The van der Waals surface area contributed by atoms with Crippen LogP contribution in [-0.4, -0.2) is 24.9 Å². The molecule has 0 spiro atoms. The van der Waals surface area contributed by atoms with Gasteiger partial charge in [0, 0.05) is 25.7 Å². The van der Waals surface area contributed by atoms with Gasteiger partial charge in [0.2, 0.25) is 0 Å². The van der Waals surface area contributed by atoms with Gasteiger partial charge in [0.1, 0.15) is 12.4 Å². The van der Waals surface area contributed by atoms with E-state index in [0.717, 1.165) is 17.7 Å². The average molecular weight is 291 g/mol. The third kappa shape index (κ3) is 3.78. The van der Waals surface area contributed by atoms with Gasteiger partial charge >= 0.3 is 0 Å². The van der Waals surface area contributed by atoms with E-state index in [1.54, 1.807) is 38.4 Å². The summed E-state index contributed by atoms with van der Waals surface area (Å²) in [6.07, 6.45) is 0. The summed E-state index contributed by atoms with van der Waals surface area (Å²) >= 11 is 0. The Morgan fingerprint density at radius 2 is 1.76 bits per heavy atom. The average Bonchev–Trinajstić information content (AvgIpc) is 2.46. The maximum absolute atomic E-state index is 13.4. The monoisotopic (exact) mass is 291 g/mol. The lowest BCUT2D eigenvalue weighted by Crippen LogP contribution is -2.21. The van der Waals surface area contributed by atoms with Crippen LogP contribution in [0.15, 0.2) is 42.5 Å². The first-order valence-corrected chi connectivity index (χ1v) is 6.36. The van der Waals surface area contributed by atoms with Crippen molar-refractivity contribution in [3.63, 3.8) is 0 Å². The van der Waals surface area contributed by atoms with Gasteiger partial charge < -0.3 is 9.64 Å². The van der Waals surface area contributed by atoms with Crippen LogP contribution in [0.4, 0.5) is 8.78 Å². The Kier molecular flexibility index (Phi) is 4.52. The predicted octanol–water partition coefficient (Wildman–Crippen LogP) is 3.25. The molecule has 2 aromatic rings. The highest BCUT2D eigenvalue weighted by atomic mass is 19.1. The molecule has 110 valence electrons. The van der Waals surface area contributed by atoms with E-state index in [0.29, 0.717) is 5.56 Å². The quantitative estimate of drug-likeness (QED) is 0.865. The van der Waals surface area contributed by atoms with Crippen LogP contribution in [0.3, 0.4) is 0 Å². The molecule has 0 aliphatic rings. The van der Waals surface area contributed by atoms with E-state index in [1.165, 1.54) is 11.0 Å². The fourth-order valence-corrected chi connectivity index (χ4v) is 1.76. The van der Waals surface area contributed by atoms with E-state index in [-0.39, 0.29) is 18.3 Å². The summed E-state index contributed by atoms with van der Waals surface area (Å²) < 4.78 is 31.4. The Hall–Kier alpha value is -2.43. The normalized spacial score (nSPS) is 10.3.